The zero-order valence-corrected chi connectivity index (χ0v) is 8.44. The van der Waals surface area contributed by atoms with Crippen molar-refractivity contribution in [3.63, 3.8) is 0 Å². The van der Waals surface area contributed by atoms with E-state index in [0.717, 1.165) is 11.3 Å². The van der Waals surface area contributed by atoms with Gasteiger partial charge in [-0.25, -0.2) is 0 Å². The fourth-order valence-electron chi connectivity index (χ4n) is 1.15. The third-order valence-electron chi connectivity index (χ3n) is 1.99. The van der Waals surface area contributed by atoms with E-state index < -0.39 is 0 Å². The molecule has 0 saturated heterocycles. The Morgan fingerprint density at radius 3 is 2.79 bits per heavy atom. The minimum absolute atomic E-state index is 0.319. The fourth-order valence-corrected chi connectivity index (χ4v) is 1.15. The molecule has 3 nitrogen and oxygen atoms in total. The molecule has 0 aliphatic rings. The van der Waals surface area contributed by atoms with E-state index >= 15 is 0 Å². The summed E-state index contributed by atoms with van der Waals surface area (Å²) in [5, 5.41) is 9.05. The molecule has 1 aromatic carbocycles. The van der Waals surface area contributed by atoms with Gasteiger partial charge in [0.25, 0.3) is 0 Å². The average Bonchev–Trinajstić information content (AvgIpc) is 2.18. The lowest BCUT2D eigenvalue weighted by atomic mass is 10.2. The van der Waals surface area contributed by atoms with Crippen LogP contribution < -0.4 is 10.5 Å². The van der Waals surface area contributed by atoms with E-state index in [1.807, 2.05) is 24.3 Å². The molecule has 1 aromatic rings. The Hall–Kier alpha value is -1.06. The zero-order valence-electron chi connectivity index (χ0n) is 8.44. The first-order valence-electron chi connectivity index (χ1n) is 4.83. The predicted octanol–water partition coefficient (Wildman–Crippen LogP) is 1.29. The summed E-state index contributed by atoms with van der Waals surface area (Å²) in [5.41, 5.74) is 6.55. The van der Waals surface area contributed by atoms with Crippen molar-refractivity contribution < 1.29 is 9.84 Å². The molecule has 0 amide bonds. The summed E-state index contributed by atoms with van der Waals surface area (Å²) in [5.74, 6) is 0.815. The van der Waals surface area contributed by atoms with Gasteiger partial charge in [0.05, 0.1) is 12.7 Å². The summed E-state index contributed by atoms with van der Waals surface area (Å²) in [7, 11) is 0. The maximum absolute atomic E-state index is 9.05. The van der Waals surface area contributed by atoms with E-state index in [-0.39, 0.29) is 6.10 Å². The minimum Gasteiger partial charge on any atom is -0.493 e. The second kappa shape index (κ2) is 5.62. The van der Waals surface area contributed by atoms with Crippen LogP contribution in [0.25, 0.3) is 0 Å². The predicted molar refractivity (Wildman–Crippen MR) is 56.1 cm³/mol. The van der Waals surface area contributed by atoms with Gasteiger partial charge in [-0.05, 0) is 13.0 Å². The molecule has 3 heteroatoms. The Bertz CT molecular complexity index is 274. The van der Waals surface area contributed by atoms with Crippen molar-refractivity contribution >= 4 is 0 Å². The van der Waals surface area contributed by atoms with E-state index in [4.69, 9.17) is 15.6 Å². The number of para-hydroxylation sites is 1. The molecule has 0 saturated carbocycles. The van der Waals surface area contributed by atoms with Gasteiger partial charge < -0.3 is 15.6 Å². The molecule has 0 fully saturated rings. The number of aliphatic hydroxyl groups excluding tert-OH is 1. The first-order chi connectivity index (χ1) is 6.74. The average molecular weight is 195 g/mol. The number of rotatable bonds is 5. The number of hydrogen-bond acceptors (Lipinski definition) is 3. The van der Waals surface area contributed by atoms with E-state index in [0.29, 0.717) is 19.6 Å². The van der Waals surface area contributed by atoms with Crippen LogP contribution in [0.5, 0.6) is 5.75 Å². The largest absolute Gasteiger partial charge is 0.493 e. The molecule has 0 heterocycles. The fraction of sp³-hybridized carbons (Fsp3) is 0.455. The van der Waals surface area contributed by atoms with Crippen molar-refractivity contribution in [2.45, 2.75) is 26.0 Å². The molecular weight excluding hydrogens is 178 g/mol. The Balaban J connectivity index is 2.49. The molecule has 3 N–H and O–H groups in total. The van der Waals surface area contributed by atoms with Crippen LogP contribution >= 0.6 is 0 Å². The summed E-state index contributed by atoms with van der Waals surface area (Å²) < 4.78 is 5.50. The molecule has 0 bridgehead atoms. The normalized spacial score (nSPS) is 12.5. The van der Waals surface area contributed by atoms with Crippen LogP contribution in [-0.4, -0.2) is 17.8 Å². The smallest absolute Gasteiger partial charge is 0.123 e. The molecule has 1 rings (SSSR count). The van der Waals surface area contributed by atoms with Gasteiger partial charge in [0, 0.05) is 18.5 Å². The van der Waals surface area contributed by atoms with Gasteiger partial charge >= 0.3 is 0 Å². The lowest BCUT2D eigenvalue weighted by molar-refractivity contribution is 0.155. The monoisotopic (exact) mass is 195 g/mol. The minimum atomic E-state index is -0.319. The van der Waals surface area contributed by atoms with Crippen molar-refractivity contribution in [3.05, 3.63) is 29.8 Å². The van der Waals surface area contributed by atoms with Crippen molar-refractivity contribution in [3.8, 4) is 5.75 Å². The summed E-state index contributed by atoms with van der Waals surface area (Å²) in [6.07, 6.45) is 0.318. The van der Waals surface area contributed by atoms with Gasteiger partial charge in [0.15, 0.2) is 0 Å². The van der Waals surface area contributed by atoms with Crippen LogP contribution in [0.4, 0.5) is 0 Å². The lowest BCUT2D eigenvalue weighted by Crippen LogP contribution is -2.09. The van der Waals surface area contributed by atoms with Crippen LogP contribution in [0.1, 0.15) is 18.9 Å². The number of hydrogen-bond donors (Lipinski definition) is 2. The molecule has 0 spiro atoms. The van der Waals surface area contributed by atoms with E-state index in [1.165, 1.54) is 0 Å². The summed E-state index contributed by atoms with van der Waals surface area (Å²) in [4.78, 5) is 0. The number of ether oxygens (including phenoxy) is 1. The first kappa shape index (κ1) is 11.0. The van der Waals surface area contributed by atoms with E-state index in [1.54, 1.807) is 6.92 Å². The number of nitrogens with two attached hydrogens (primary N) is 1. The number of aliphatic hydroxyl groups is 1. The van der Waals surface area contributed by atoms with Crippen LogP contribution in [0.3, 0.4) is 0 Å². The Labute approximate surface area is 84.5 Å². The number of benzene rings is 1. The van der Waals surface area contributed by atoms with Crippen LogP contribution in [-0.2, 0) is 6.54 Å². The van der Waals surface area contributed by atoms with Crippen LogP contribution in [0.2, 0.25) is 0 Å². The molecule has 1 atom stereocenters. The maximum atomic E-state index is 9.05. The highest BCUT2D eigenvalue weighted by molar-refractivity contribution is 5.32. The summed E-state index contributed by atoms with van der Waals surface area (Å²) >= 11 is 0. The highest BCUT2D eigenvalue weighted by atomic mass is 16.5. The molecule has 0 aliphatic heterocycles. The molecule has 14 heavy (non-hydrogen) atoms. The van der Waals surface area contributed by atoms with Gasteiger partial charge in [-0.1, -0.05) is 18.2 Å². The first-order valence-corrected chi connectivity index (χ1v) is 4.83. The van der Waals surface area contributed by atoms with Gasteiger partial charge in [0.1, 0.15) is 5.75 Å². The SMILES string of the molecule is CC(O)CCOc1ccccc1CN. The van der Waals surface area contributed by atoms with Gasteiger partial charge in [-0.2, -0.15) is 0 Å². The van der Waals surface area contributed by atoms with Crippen LogP contribution in [0.15, 0.2) is 24.3 Å². The highest BCUT2D eigenvalue weighted by Crippen LogP contribution is 2.17. The van der Waals surface area contributed by atoms with Gasteiger partial charge in [0.2, 0.25) is 0 Å². The molecule has 78 valence electrons. The topological polar surface area (TPSA) is 55.5 Å². The standard InChI is InChI=1S/C11H17NO2/c1-9(13)6-7-14-11-5-3-2-4-10(11)8-12/h2-5,9,13H,6-8,12H2,1H3. The summed E-state index contributed by atoms with van der Waals surface area (Å²) in [6.45, 7) is 2.75. The lowest BCUT2D eigenvalue weighted by Gasteiger charge is -2.10. The third-order valence-corrected chi connectivity index (χ3v) is 1.99. The van der Waals surface area contributed by atoms with Gasteiger partial charge in [-0.15, -0.1) is 0 Å². The van der Waals surface area contributed by atoms with Crippen LogP contribution in [0, 0.1) is 0 Å². The maximum Gasteiger partial charge on any atom is 0.123 e. The summed E-state index contributed by atoms with van der Waals surface area (Å²) in [6, 6.07) is 7.68. The highest BCUT2D eigenvalue weighted by Gasteiger charge is 2.01. The Morgan fingerprint density at radius 1 is 1.43 bits per heavy atom. The van der Waals surface area contributed by atoms with Gasteiger partial charge in [-0.3, -0.25) is 0 Å². The second-order valence-corrected chi connectivity index (χ2v) is 3.30. The van der Waals surface area contributed by atoms with E-state index in [9.17, 15) is 0 Å². The van der Waals surface area contributed by atoms with E-state index in [2.05, 4.69) is 0 Å². The molecule has 0 radical (unpaired) electrons. The molecular formula is C11H17NO2. The molecule has 0 aliphatic carbocycles. The van der Waals surface area contributed by atoms with Crippen molar-refractivity contribution in [2.24, 2.45) is 5.73 Å². The van der Waals surface area contributed by atoms with Crippen molar-refractivity contribution in [1.29, 1.82) is 0 Å². The van der Waals surface area contributed by atoms with Crippen molar-refractivity contribution in [1.82, 2.24) is 0 Å². The zero-order chi connectivity index (χ0) is 10.4. The Kier molecular flexibility index (Phi) is 4.43. The Morgan fingerprint density at radius 2 is 2.14 bits per heavy atom. The quantitative estimate of drug-likeness (QED) is 0.744. The second-order valence-electron chi connectivity index (χ2n) is 3.30. The third kappa shape index (κ3) is 3.36. The molecule has 0 aromatic heterocycles. The molecule has 1 unspecified atom stereocenters. The van der Waals surface area contributed by atoms with Crippen molar-refractivity contribution in [2.75, 3.05) is 6.61 Å².